The average molecular weight is 257 g/mol. The van der Waals surface area contributed by atoms with Crippen LogP contribution in [-0.2, 0) is 6.54 Å². The van der Waals surface area contributed by atoms with E-state index < -0.39 is 0 Å². The maximum atomic E-state index is 12.0. The van der Waals surface area contributed by atoms with Gasteiger partial charge in [0.2, 0.25) is 0 Å². The van der Waals surface area contributed by atoms with E-state index >= 15 is 0 Å². The molecular weight excluding hydrogens is 238 g/mol. The third kappa shape index (κ3) is 3.29. The summed E-state index contributed by atoms with van der Waals surface area (Å²) in [5, 5.41) is 0.641. The van der Waals surface area contributed by atoms with Crippen molar-refractivity contribution in [3.8, 4) is 0 Å². The monoisotopic (exact) mass is 257 g/mol. The van der Waals surface area contributed by atoms with Gasteiger partial charge in [0.25, 0.3) is 5.56 Å². The molecule has 4 nitrogen and oxygen atoms in total. The van der Waals surface area contributed by atoms with Crippen LogP contribution in [0.15, 0.2) is 41.2 Å². The van der Waals surface area contributed by atoms with Gasteiger partial charge in [0, 0.05) is 6.54 Å². The fraction of sp³-hybridized carbons (Fsp3) is 0.333. The highest BCUT2D eigenvalue weighted by molar-refractivity contribution is 5.77. The minimum Gasteiger partial charge on any atom is -0.309 e. The Labute approximate surface area is 112 Å². The molecule has 4 heteroatoms. The number of likely N-dealkylation sites (N-methyl/N-ethyl adjacent to an activating group) is 1. The maximum absolute atomic E-state index is 12.0. The Balaban J connectivity index is 2.27. The zero-order valence-electron chi connectivity index (χ0n) is 11.4. The van der Waals surface area contributed by atoms with Crippen LogP contribution in [0.1, 0.15) is 19.7 Å². The van der Waals surface area contributed by atoms with Crippen LogP contribution in [-0.4, -0.2) is 28.0 Å². The summed E-state index contributed by atoms with van der Waals surface area (Å²) in [6, 6.07) is 7.41. The first-order chi connectivity index (χ1) is 9.24. The van der Waals surface area contributed by atoms with E-state index in [0.717, 1.165) is 24.4 Å². The third-order valence-electron chi connectivity index (χ3n) is 3.08. The molecule has 100 valence electrons. The van der Waals surface area contributed by atoms with Crippen LogP contribution >= 0.6 is 0 Å². The predicted molar refractivity (Wildman–Crippen MR) is 78.1 cm³/mol. The number of aromatic nitrogens is 2. The Morgan fingerprint density at radius 3 is 2.89 bits per heavy atom. The van der Waals surface area contributed by atoms with Gasteiger partial charge in [-0.3, -0.25) is 9.69 Å². The second-order valence-electron chi connectivity index (χ2n) is 4.43. The minimum atomic E-state index is -0.0670. The smallest absolute Gasteiger partial charge is 0.258 e. The van der Waals surface area contributed by atoms with Gasteiger partial charge < -0.3 is 4.98 Å². The molecule has 0 bridgehead atoms. The molecule has 1 aromatic carbocycles. The van der Waals surface area contributed by atoms with Gasteiger partial charge in [0.05, 0.1) is 17.4 Å². The lowest BCUT2D eigenvalue weighted by Crippen LogP contribution is -2.25. The number of rotatable bonds is 5. The Morgan fingerprint density at radius 1 is 1.37 bits per heavy atom. The number of hydrogen-bond acceptors (Lipinski definition) is 3. The number of nitrogens with one attached hydrogen (secondary N) is 1. The topological polar surface area (TPSA) is 49.0 Å². The van der Waals surface area contributed by atoms with Crippen molar-refractivity contribution >= 4 is 10.9 Å². The van der Waals surface area contributed by atoms with Crippen molar-refractivity contribution in [1.29, 1.82) is 0 Å². The van der Waals surface area contributed by atoms with Gasteiger partial charge in [0.1, 0.15) is 5.82 Å². The molecule has 0 amide bonds. The number of fused-ring (bicyclic) bond motifs is 1. The van der Waals surface area contributed by atoms with Gasteiger partial charge in [-0.05, 0) is 25.6 Å². The summed E-state index contributed by atoms with van der Waals surface area (Å²) in [5.41, 5.74) is 0.686. The summed E-state index contributed by atoms with van der Waals surface area (Å²) >= 11 is 0. The first-order valence-corrected chi connectivity index (χ1v) is 6.56. The maximum Gasteiger partial charge on any atom is 0.258 e. The molecule has 1 N–H and O–H groups in total. The fourth-order valence-electron chi connectivity index (χ4n) is 1.98. The van der Waals surface area contributed by atoms with Gasteiger partial charge in [-0.1, -0.05) is 31.2 Å². The second kappa shape index (κ2) is 6.29. The van der Waals surface area contributed by atoms with E-state index in [-0.39, 0.29) is 5.56 Å². The molecule has 0 saturated carbocycles. The van der Waals surface area contributed by atoms with Crippen LogP contribution in [0.25, 0.3) is 10.9 Å². The van der Waals surface area contributed by atoms with Crippen molar-refractivity contribution in [1.82, 2.24) is 14.9 Å². The number of aromatic amines is 1. The van der Waals surface area contributed by atoms with Gasteiger partial charge >= 0.3 is 0 Å². The van der Waals surface area contributed by atoms with Crippen LogP contribution in [0.4, 0.5) is 0 Å². The third-order valence-corrected chi connectivity index (χ3v) is 3.08. The summed E-state index contributed by atoms with van der Waals surface area (Å²) in [5.74, 6) is 0.718. The lowest BCUT2D eigenvalue weighted by atomic mass is 10.2. The Hall–Kier alpha value is -1.94. The summed E-state index contributed by atoms with van der Waals surface area (Å²) < 4.78 is 0. The Kier molecular flexibility index (Phi) is 4.47. The van der Waals surface area contributed by atoms with Gasteiger partial charge in [-0.15, -0.1) is 0 Å². The van der Waals surface area contributed by atoms with Crippen LogP contribution in [0.5, 0.6) is 0 Å². The van der Waals surface area contributed by atoms with Gasteiger partial charge in [-0.2, -0.15) is 0 Å². The molecule has 2 aromatic rings. The van der Waals surface area contributed by atoms with Gasteiger partial charge in [-0.25, -0.2) is 4.98 Å². The van der Waals surface area contributed by atoms with Crippen LogP contribution in [0.3, 0.4) is 0 Å². The highest BCUT2D eigenvalue weighted by Crippen LogP contribution is 2.07. The molecule has 0 unspecified atom stereocenters. The minimum absolute atomic E-state index is 0.0670. The molecule has 0 spiro atoms. The van der Waals surface area contributed by atoms with Crippen molar-refractivity contribution in [3.05, 3.63) is 52.6 Å². The molecular formula is C15H19N3O. The largest absolute Gasteiger partial charge is 0.309 e. The summed E-state index contributed by atoms with van der Waals surface area (Å²) in [6.45, 7) is 6.54. The number of hydrogen-bond donors (Lipinski definition) is 1. The molecule has 1 heterocycles. The summed E-state index contributed by atoms with van der Waals surface area (Å²) in [6.07, 6.45) is 4.13. The second-order valence-corrected chi connectivity index (χ2v) is 4.43. The Morgan fingerprint density at radius 2 is 2.16 bits per heavy atom. The molecule has 0 atom stereocenters. The van der Waals surface area contributed by atoms with Crippen molar-refractivity contribution in [2.75, 3.05) is 13.1 Å². The van der Waals surface area contributed by atoms with E-state index in [1.54, 1.807) is 6.07 Å². The summed E-state index contributed by atoms with van der Waals surface area (Å²) in [7, 11) is 0. The van der Waals surface area contributed by atoms with E-state index in [9.17, 15) is 4.79 Å². The quantitative estimate of drug-likeness (QED) is 0.836. The molecule has 0 aliphatic rings. The fourth-order valence-corrected chi connectivity index (χ4v) is 1.98. The van der Waals surface area contributed by atoms with Crippen LogP contribution in [0, 0.1) is 0 Å². The molecule has 0 radical (unpaired) electrons. The lowest BCUT2D eigenvalue weighted by molar-refractivity contribution is 0.303. The number of nitrogens with zero attached hydrogens (tertiary/aromatic N) is 2. The molecule has 19 heavy (non-hydrogen) atoms. The average Bonchev–Trinajstić information content (AvgIpc) is 2.43. The van der Waals surface area contributed by atoms with E-state index in [2.05, 4.69) is 27.9 Å². The van der Waals surface area contributed by atoms with Crippen molar-refractivity contribution in [2.45, 2.75) is 20.4 Å². The van der Waals surface area contributed by atoms with Crippen molar-refractivity contribution < 1.29 is 0 Å². The highest BCUT2D eigenvalue weighted by Gasteiger charge is 2.06. The molecule has 0 aliphatic heterocycles. The SMILES string of the molecule is C/C=C/CN(CC)Cc1nc2ccccc2c(=O)[nH]1. The number of allylic oxidation sites excluding steroid dienone is 1. The summed E-state index contributed by atoms with van der Waals surface area (Å²) in [4.78, 5) is 21.5. The van der Waals surface area contributed by atoms with Crippen LogP contribution in [0.2, 0.25) is 0 Å². The van der Waals surface area contributed by atoms with E-state index in [1.807, 2.05) is 31.2 Å². The van der Waals surface area contributed by atoms with E-state index in [4.69, 9.17) is 0 Å². The Bertz CT molecular complexity index is 631. The molecule has 0 fully saturated rings. The van der Waals surface area contributed by atoms with E-state index in [1.165, 1.54) is 0 Å². The number of H-pyrrole nitrogens is 1. The van der Waals surface area contributed by atoms with Crippen molar-refractivity contribution in [2.24, 2.45) is 0 Å². The van der Waals surface area contributed by atoms with Crippen molar-refractivity contribution in [3.63, 3.8) is 0 Å². The first-order valence-electron chi connectivity index (χ1n) is 6.56. The zero-order valence-corrected chi connectivity index (χ0v) is 11.4. The first kappa shape index (κ1) is 13.5. The molecule has 1 aromatic heterocycles. The normalized spacial score (nSPS) is 11.7. The lowest BCUT2D eigenvalue weighted by Gasteiger charge is -2.17. The standard InChI is InChI=1S/C15H19N3O/c1-3-5-10-18(4-2)11-14-16-13-9-7-6-8-12(13)15(19)17-14/h3,5-9H,4,10-11H2,1-2H3,(H,16,17,19)/b5-3+. The molecule has 0 saturated heterocycles. The molecule has 2 rings (SSSR count). The van der Waals surface area contributed by atoms with Crippen LogP contribution < -0.4 is 5.56 Å². The number of benzene rings is 1. The number of para-hydroxylation sites is 1. The van der Waals surface area contributed by atoms with E-state index in [0.29, 0.717) is 11.9 Å². The zero-order chi connectivity index (χ0) is 13.7. The van der Waals surface area contributed by atoms with Gasteiger partial charge in [0.15, 0.2) is 0 Å². The predicted octanol–water partition coefficient (Wildman–Crippen LogP) is 2.32. The molecule has 0 aliphatic carbocycles. The highest BCUT2D eigenvalue weighted by atomic mass is 16.1.